The van der Waals surface area contributed by atoms with Crippen LogP contribution >= 0.6 is 0 Å². The number of hydrogen-bond donors (Lipinski definition) is 1. The van der Waals surface area contributed by atoms with Crippen LogP contribution in [-0.4, -0.2) is 53.5 Å². The number of carbonyl (C=O) groups is 2. The third kappa shape index (κ3) is 2.14. The first-order valence-corrected chi connectivity index (χ1v) is 5.86. The summed E-state index contributed by atoms with van der Waals surface area (Å²) in [7, 11) is 0. The highest BCUT2D eigenvalue weighted by atomic mass is 16.7. The summed E-state index contributed by atoms with van der Waals surface area (Å²) in [5.74, 6) is -0.752. The van der Waals surface area contributed by atoms with E-state index in [9.17, 15) is 9.59 Å². The Labute approximate surface area is 99.5 Å². The summed E-state index contributed by atoms with van der Waals surface area (Å²) in [4.78, 5) is 23.5. The van der Waals surface area contributed by atoms with Crippen molar-refractivity contribution < 1.29 is 24.2 Å². The quantitative estimate of drug-likeness (QED) is 0.727. The van der Waals surface area contributed by atoms with E-state index < -0.39 is 17.9 Å². The fourth-order valence-corrected chi connectivity index (χ4v) is 2.71. The van der Waals surface area contributed by atoms with E-state index in [-0.39, 0.29) is 6.04 Å². The minimum absolute atomic E-state index is 0.227. The van der Waals surface area contributed by atoms with Gasteiger partial charge in [0.2, 0.25) is 0 Å². The molecule has 0 aromatic heterocycles. The van der Waals surface area contributed by atoms with Gasteiger partial charge in [0.25, 0.3) is 0 Å². The third-order valence-corrected chi connectivity index (χ3v) is 3.48. The van der Waals surface area contributed by atoms with Gasteiger partial charge in [-0.25, -0.2) is 4.79 Å². The molecule has 0 aliphatic carbocycles. The lowest BCUT2D eigenvalue weighted by Gasteiger charge is -2.45. The molecule has 2 rings (SSSR count). The molecule has 0 aromatic rings. The Morgan fingerprint density at radius 2 is 2.12 bits per heavy atom. The highest BCUT2D eigenvalue weighted by Crippen LogP contribution is 2.38. The molecule has 2 fully saturated rings. The molecule has 2 atom stereocenters. The smallest absolute Gasteiger partial charge is 0.408 e. The van der Waals surface area contributed by atoms with E-state index in [1.807, 2.05) is 6.92 Å². The lowest BCUT2D eigenvalue weighted by Crippen LogP contribution is -2.58. The normalized spacial score (nSPS) is 31.7. The van der Waals surface area contributed by atoms with Gasteiger partial charge in [0, 0.05) is 18.9 Å². The summed E-state index contributed by atoms with van der Waals surface area (Å²) >= 11 is 0. The minimum atomic E-state index is -1.05. The van der Waals surface area contributed by atoms with Crippen LogP contribution in [0.1, 0.15) is 26.2 Å². The standard InChI is InChI=1S/C11H17NO5/c1-2-8-5-11(16-3-4-17-11)6-9(7-13)12(8)10(14)15/h7-9H,2-6H2,1H3,(H,14,15). The van der Waals surface area contributed by atoms with Crippen molar-refractivity contribution in [2.45, 2.75) is 44.1 Å². The number of hydrogen-bond acceptors (Lipinski definition) is 4. The largest absolute Gasteiger partial charge is 0.465 e. The highest BCUT2D eigenvalue weighted by molar-refractivity contribution is 5.72. The van der Waals surface area contributed by atoms with Crippen molar-refractivity contribution in [2.75, 3.05) is 13.2 Å². The summed E-state index contributed by atoms with van der Waals surface area (Å²) < 4.78 is 11.1. The van der Waals surface area contributed by atoms with Crippen molar-refractivity contribution in [1.82, 2.24) is 4.90 Å². The molecule has 0 aromatic carbocycles. The van der Waals surface area contributed by atoms with Crippen LogP contribution in [0.25, 0.3) is 0 Å². The monoisotopic (exact) mass is 243 g/mol. The van der Waals surface area contributed by atoms with Gasteiger partial charge in [0.15, 0.2) is 5.79 Å². The molecular weight excluding hydrogens is 226 g/mol. The van der Waals surface area contributed by atoms with Crippen molar-refractivity contribution in [3.05, 3.63) is 0 Å². The van der Waals surface area contributed by atoms with E-state index in [4.69, 9.17) is 14.6 Å². The Morgan fingerprint density at radius 3 is 2.59 bits per heavy atom. The summed E-state index contributed by atoms with van der Waals surface area (Å²) in [5.41, 5.74) is 0. The van der Waals surface area contributed by atoms with Gasteiger partial charge >= 0.3 is 6.09 Å². The second-order valence-corrected chi connectivity index (χ2v) is 4.47. The lowest BCUT2D eigenvalue weighted by atomic mass is 9.89. The second kappa shape index (κ2) is 4.62. The maximum Gasteiger partial charge on any atom is 0.408 e. The Morgan fingerprint density at radius 1 is 1.47 bits per heavy atom. The van der Waals surface area contributed by atoms with Crippen LogP contribution in [0, 0.1) is 0 Å². The van der Waals surface area contributed by atoms with E-state index in [1.54, 1.807) is 0 Å². The van der Waals surface area contributed by atoms with Crippen LogP contribution in [0.5, 0.6) is 0 Å². The van der Waals surface area contributed by atoms with Gasteiger partial charge in [-0.2, -0.15) is 0 Å². The topological polar surface area (TPSA) is 76.1 Å². The molecule has 6 heteroatoms. The Balaban J connectivity index is 2.22. The molecular formula is C11H17NO5. The zero-order chi connectivity index (χ0) is 12.5. The van der Waals surface area contributed by atoms with Crippen molar-refractivity contribution in [2.24, 2.45) is 0 Å². The molecule has 0 radical (unpaired) electrons. The van der Waals surface area contributed by atoms with Crippen LogP contribution in [-0.2, 0) is 14.3 Å². The van der Waals surface area contributed by atoms with Gasteiger partial charge < -0.3 is 19.4 Å². The van der Waals surface area contributed by atoms with Gasteiger partial charge in [-0.05, 0) is 6.42 Å². The number of amides is 1. The van der Waals surface area contributed by atoms with Crippen LogP contribution in [0.2, 0.25) is 0 Å². The first-order chi connectivity index (χ1) is 8.12. The second-order valence-electron chi connectivity index (χ2n) is 4.47. The third-order valence-electron chi connectivity index (χ3n) is 3.48. The molecule has 2 saturated heterocycles. The van der Waals surface area contributed by atoms with Gasteiger partial charge in [-0.3, -0.25) is 4.90 Å². The first kappa shape index (κ1) is 12.3. The van der Waals surface area contributed by atoms with Crippen molar-refractivity contribution in [3.8, 4) is 0 Å². The van der Waals surface area contributed by atoms with Crippen LogP contribution < -0.4 is 0 Å². The number of nitrogens with zero attached hydrogens (tertiary/aromatic N) is 1. The highest BCUT2D eigenvalue weighted by Gasteiger charge is 2.49. The summed E-state index contributed by atoms with van der Waals surface area (Å²) in [6, 6.07) is -0.904. The molecule has 2 unspecified atom stereocenters. The number of piperidine rings is 1. The Bertz CT molecular complexity index is 313. The zero-order valence-corrected chi connectivity index (χ0v) is 9.80. The molecule has 2 aliphatic heterocycles. The minimum Gasteiger partial charge on any atom is -0.465 e. The fraction of sp³-hybridized carbons (Fsp3) is 0.818. The van der Waals surface area contributed by atoms with Gasteiger partial charge in [-0.15, -0.1) is 0 Å². The van der Waals surface area contributed by atoms with Crippen molar-refractivity contribution >= 4 is 12.4 Å². The van der Waals surface area contributed by atoms with Crippen LogP contribution in [0.15, 0.2) is 0 Å². The number of likely N-dealkylation sites (tertiary alicyclic amines) is 1. The van der Waals surface area contributed by atoms with E-state index in [2.05, 4.69) is 0 Å². The molecule has 0 bridgehead atoms. The molecule has 0 saturated carbocycles. The predicted molar refractivity (Wildman–Crippen MR) is 57.7 cm³/mol. The average Bonchev–Trinajstić information content (AvgIpc) is 2.75. The van der Waals surface area contributed by atoms with Gasteiger partial charge in [0.1, 0.15) is 6.29 Å². The molecule has 17 heavy (non-hydrogen) atoms. The maximum absolute atomic E-state index is 11.2. The molecule has 2 aliphatic rings. The molecule has 1 spiro atoms. The Hall–Kier alpha value is -1.14. The van der Waals surface area contributed by atoms with E-state index >= 15 is 0 Å². The maximum atomic E-state index is 11.2. The van der Waals surface area contributed by atoms with Crippen LogP contribution in [0.3, 0.4) is 0 Å². The molecule has 96 valence electrons. The zero-order valence-electron chi connectivity index (χ0n) is 9.80. The molecule has 6 nitrogen and oxygen atoms in total. The van der Waals surface area contributed by atoms with Crippen molar-refractivity contribution in [1.29, 1.82) is 0 Å². The van der Waals surface area contributed by atoms with Gasteiger partial charge in [0.05, 0.1) is 19.3 Å². The predicted octanol–water partition coefficient (Wildman–Crippen LogP) is 0.849. The van der Waals surface area contributed by atoms with Crippen LogP contribution in [0.4, 0.5) is 4.79 Å². The number of rotatable bonds is 2. The lowest BCUT2D eigenvalue weighted by molar-refractivity contribution is -0.203. The van der Waals surface area contributed by atoms with E-state index in [0.717, 1.165) is 0 Å². The fourth-order valence-electron chi connectivity index (χ4n) is 2.71. The SMILES string of the molecule is CCC1CC2(CC(C=O)N1C(=O)O)OCCO2. The van der Waals surface area contributed by atoms with E-state index in [0.29, 0.717) is 38.8 Å². The first-order valence-electron chi connectivity index (χ1n) is 5.86. The van der Waals surface area contributed by atoms with E-state index in [1.165, 1.54) is 4.90 Å². The number of carbonyl (C=O) groups excluding carboxylic acids is 1. The number of aldehydes is 1. The summed E-state index contributed by atoms with van der Waals surface area (Å²) in [6.07, 6.45) is 1.05. The average molecular weight is 243 g/mol. The summed E-state index contributed by atoms with van der Waals surface area (Å²) in [6.45, 7) is 2.92. The molecule has 2 heterocycles. The molecule has 1 N–H and O–H groups in total. The number of carboxylic acid groups (broad SMARTS) is 1. The number of ether oxygens (including phenoxy) is 2. The summed E-state index contributed by atoms with van der Waals surface area (Å²) in [5, 5.41) is 9.16. The van der Waals surface area contributed by atoms with Gasteiger partial charge in [-0.1, -0.05) is 6.92 Å². The molecule has 1 amide bonds. The van der Waals surface area contributed by atoms with Crippen molar-refractivity contribution in [3.63, 3.8) is 0 Å². The Kier molecular flexibility index (Phi) is 3.35.